The van der Waals surface area contributed by atoms with Crippen molar-refractivity contribution in [3.8, 4) is 0 Å². The van der Waals surface area contributed by atoms with E-state index in [2.05, 4.69) is 9.97 Å². The van der Waals surface area contributed by atoms with Crippen LogP contribution in [0.1, 0.15) is 21.0 Å². The SMILES string of the molecule is O=CC(O)C(=O)c1nc[nH]c1C(=O)O. The molecule has 7 nitrogen and oxygen atoms in total. The Morgan fingerprint density at radius 2 is 2.21 bits per heavy atom. The van der Waals surface area contributed by atoms with Crippen molar-refractivity contribution in [3.05, 3.63) is 17.7 Å². The monoisotopic (exact) mass is 198 g/mol. The Morgan fingerprint density at radius 3 is 2.71 bits per heavy atom. The van der Waals surface area contributed by atoms with E-state index in [1.807, 2.05) is 0 Å². The average molecular weight is 198 g/mol. The van der Waals surface area contributed by atoms with Gasteiger partial charge in [-0.3, -0.25) is 9.59 Å². The number of carbonyl (C=O) groups is 3. The zero-order valence-electron chi connectivity index (χ0n) is 6.80. The van der Waals surface area contributed by atoms with Crippen LogP contribution in [-0.2, 0) is 4.79 Å². The summed E-state index contributed by atoms with van der Waals surface area (Å²) in [7, 11) is 0. The van der Waals surface area contributed by atoms with E-state index in [-0.39, 0.29) is 6.29 Å². The van der Waals surface area contributed by atoms with E-state index in [1.54, 1.807) is 0 Å². The molecule has 1 rings (SSSR count). The number of aliphatic hydroxyl groups excluding tert-OH is 1. The van der Waals surface area contributed by atoms with Crippen LogP contribution < -0.4 is 0 Å². The highest BCUT2D eigenvalue weighted by molar-refractivity contribution is 6.10. The number of aldehydes is 1. The van der Waals surface area contributed by atoms with E-state index < -0.39 is 29.2 Å². The molecule has 1 atom stereocenters. The molecule has 7 heteroatoms. The Balaban J connectivity index is 3.07. The van der Waals surface area contributed by atoms with Gasteiger partial charge in [0.15, 0.2) is 18.1 Å². The lowest BCUT2D eigenvalue weighted by Crippen LogP contribution is -2.24. The van der Waals surface area contributed by atoms with Crippen molar-refractivity contribution < 1.29 is 24.6 Å². The van der Waals surface area contributed by atoms with Gasteiger partial charge in [0.1, 0.15) is 5.69 Å². The number of hydrogen-bond acceptors (Lipinski definition) is 5. The predicted molar refractivity (Wildman–Crippen MR) is 41.9 cm³/mol. The average Bonchev–Trinajstić information content (AvgIpc) is 2.63. The van der Waals surface area contributed by atoms with Crippen LogP contribution >= 0.6 is 0 Å². The molecule has 0 amide bonds. The lowest BCUT2D eigenvalue weighted by Gasteiger charge is -1.99. The van der Waals surface area contributed by atoms with Crippen molar-refractivity contribution in [2.24, 2.45) is 0 Å². The van der Waals surface area contributed by atoms with Gasteiger partial charge in [0, 0.05) is 0 Å². The summed E-state index contributed by atoms with van der Waals surface area (Å²) in [6.45, 7) is 0. The lowest BCUT2D eigenvalue weighted by molar-refractivity contribution is -0.113. The molecule has 0 aliphatic carbocycles. The van der Waals surface area contributed by atoms with Gasteiger partial charge in [-0.05, 0) is 0 Å². The third-order valence-corrected chi connectivity index (χ3v) is 1.48. The van der Waals surface area contributed by atoms with E-state index in [0.29, 0.717) is 0 Å². The second-order valence-corrected chi connectivity index (χ2v) is 2.38. The van der Waals surface area contributed by atoms with E-state index in [4.69, 9.17) is 10.2 Å². The molecular weight excluding hydrogens is 192 g/mol. The predicted octanol–water partition coefficient (Wildman–Crippen LogP) is -1.15. The molecule has 14 heavy (non-hydrogen) atoms. The number of nitrogens with one attached hydrogen (secondary N) is 1. The van der Waals surface area contributed by atoms with Gasteiger partial charge in [-0.15, -0.1) is 0 Å². The first-order chi connectivity index (χ1) is 6.57. The Labute approximate surface area is 77.4 Å². The summed E-state index contributed by atoms with van der Waals surface area (Å²) in [5, 5.41) is 17.4. The number of aromatic nitrogens is 2. The summed E-state index contributed by atoms with van der Waals surface area (Å²) in [6.07, 6.45) is -0.881. The van der Waals surface area contributed by atoms with Crippen LogP contribution in [0.4, 0.5) is 0 Å². The Bertz CT molecular complexity index is 383. The topological polar surface area (TPSA) is 120 Å². The van der Waals surface area contributed by atoms with Gasteiger partial charge in [0.2, 0.25) is 5.78 Å². The van der Waals surface area contributed by atoms with Crippen molar-refractivity contribution >= 4 is 18.0 Å². The molecule has 0 saturated carbocycles. The number of ketones is 1. The minimum Gasteiger partial charge on any atom is -0.477 e. The van der Waals surface area contributed by atoms with Crippen LogP contribution in [0.15, 0.2) is 6.33 Å². The number of nitrogens with zero attached hydrogens (tertiary/aromatic N) is 1. The summed E-state index contributed by atoms with van der Waals surface area (Å²) in [5.74, 6) is -2.43. The molecule has 0 aliphatic rings. The maximum absolute atomic E-state index is 11.1. The zero-order valence-corrected chi connectivity index (χ0v) is 6.80. The Hall–Kier alpha value is -2.02. The van der Waals surface area contributed by atoms with Crippen molar-refractivity contribution in [2.75, 3.05) is 0 Å². The maximum Gasteiger partial charge on any atom is 0.354 e. The minimum absolute atomic E-state index is 0.00262. The molecule has 0 saturated heterocycles. The number of H-pyrrole nitrogens is 1. The number of carboxylic acid groups (broad SMARTS) is 1. The highest BCUT2D eigenvalue weighted by Crippen LogP contribution is 2.05. The number of Topliss-reactive ketones (excluding diaryl/α,β-unsaturated/α-hetero) is 1. The molecule has 0 fully saturated rings. The van der Waals surface area contributed by atoms with Crippen LogP contribution in [-0.4, -0.2) is 44.3 Å². The number of aromatic carboxylic acids is 1. The molecule has 74 valence electrons. The molecule has 3 N–H and O–H groups in total. The van der Waals surface area contributed by atoms with Crippen molar-refractivity contribution in [2.45, 2.75) is 6.10 Å². The van der Waals surface area contributed by atoms with Crippen LogP contribution in [0, 0.1) is 0 Å². The summed E-state index contributed by atoms with van der Waals surface area (Å²) < 4.78 is 0. The fourth-order valence-corrected chi connectivity index (χ4v) is 0.846. The number of aromatic amines is 1. The van der Waals surface area contributed by atoms with E-state index in [9.17, 15) is 14.4 Å². The Kier molecular flexibility index (Phi) is 2.73. The number of imidazole rings is 1. The first-order valence-electron chi connectivity index (χ1n) is 3.52. The normalized spacial score (nSPS) is 12.1. The van der Waals surface area contributed by atoms with E-state index in [1.165, 1.54) is 0 Å². The van der Waals surface area contributed by atoms with Crippen LogP contribution in [0.2, 0.25) is 0 Å². The third-order valence-electron chi connectivity index (χ3n) is 1.48. The number of rotatable bonds is 4. The van der Waals surface area contributed by atoms with E-state index >= 15 is 0 Å². The highest BCUT2D eigenvalue weighted by Gasteiger charge is 2.24. The third kappa shape index (κ3) is 1.67. The summed E-state index contributed by atoms with van der Waals surface area (Å²) in [4.78, 5) is 37.3. The standard InChI is InChI=1S/C7H6N2O5/c10-1-3(11)6(12)4-5(7(13)14)9-2-8-4/h1-3,11H,(H,8,9)(H,13,14). The van der Waals surface area contributed by atoms with Gasteiger partial charge in [0.05, 0.1) is 6.33 Å². The summed E-state index contributed by atoms with van der Waals surface area (Å²) in [6, 6.07) is 0. The maximum atomic E-state index is 11.1. The van der Waals surface area contributed by atoms with Gasteiger partial charge < -0.3 is 15.2 Å². The van der Waals surface area contributed by atoms with Crippen LogP contribution in [0.3, 0.4) is 0 Å². The Morgan fingerprint density at radius 1 is 1.57 bits per heavy atom. The largest absolute Gasteiger partial charge is 0.477 e. The van der Waals surface area contributed by atoms with Crippen molar-refractivity contribution in [3.63, 3.8) is 0 Å². The molecule has 1 heterocycles. The van der Waals surface area contributed by atoms with Gasteiger partial charge in [-0.25, -0.2) is 9.78 Å². The molecule has 0 bridgehead atoms. The molecule has 0 spiro atoms. The molecule has 0 radical (unpaired) electrons. The quantitative estimate of drug-likeness (QED) is 0.319. The summed E-state index contributed by atoms with van der Waals surface area (Å²) in [5.41, 5.74) is -0.909. The molecule has 1 unspecified atom stereocenters. The molecule has 1 aromatic rings. The van der Waals surface area contributed by atoms with Crippen LogP contribution in [0.5, 0.6) is 0 Å². The number of carbonyl (C=O) groups excluding carboxylic acids is 2. The smallest absolute Gasteiger partial charge is 0.354 e. The number of hydrogen-bond donors (Lipinski definition) is 3. The summed E-state index contributed by atoms with van der Waals surface area (Å²) >= 11 is 0. The van der Waals surface area contributed by atoms with Crippen molar-refractivity contribution in [1.29, 1.82) is 0 Å². The van der Waals surface area contributed by atoms with Gasteiger partial charge >= 0.3 is 5.97 Å². The molecule has 0 aliphatic heterocycles. The van der Waals surface area contributed by atoms with Crippen molar-refractivity contribution in [1.82, 2.24) is 9.97 Å². The molecular formula is C7H6N2O5. The van der Waals surface area contributed by atoms with Crippen LogP contribution in [0.25, 0.3) is 0 Å². The van der Waals surface area contributed by atoms with Gasteiger partial charge in [0.25, 0.3) is 0 Å². The molecule has 1 aromatic heterocycles. The fraction of sp³-hybridized carbons (Fsp3) is 0.143. The molecule has 0 aromatic carbocycles. The minimum atomic E-state index is -1.88. The second kappa shape index (κ2) is 3.79. The first-order valence-corrected chi connectivity index (χ1v) is 3.52. The van der Waals surface area contributed by atoms with Gasteiger partial charge in [-0.2, -0.15) is 0 Å². The van der Waals surface area contributed by atoms with E-state index in [0.717, 1.165) is 6.33 Å². The van der Waals surface area contributed by atoms with Gasteiger partial charge in [-0.1, -0.05) is 0 Å². The second-order valence-electron chi connectivity index (χ2n) is 2.38. The first kappa shape index (κ1) is 10.1. The number of carboxylic acids is 1. The highest BCUT2D eigenvalue weighted by atomic mass is 16.4. The lowest BCUT2D eigenvalue weighted by atomic mass is 10.1. The fourth-order valence-electron chi connectivity index (χ4n) is 0.846. The number of aliphatic hydroxyl groups is 1. The zero-order chi connectivity index (χ0) is 10.7.